The molecule has 1 saturated heterocycles. The van der Waals surface area contributed by atoms with Crippen molar-refractivity contribution in [1.29, 1.82) is 0 Å². The zero-order valence-corrected chi connectivity index (χ0v) is 27.6. The summed E-state index contributed by atoms with van der Waals surface area (Å²) in [7, 11) is 0. The maximum absolute atomic E-state index is 13.7. The lowest BCUT2D eigenvalue weighted by Crippen LogP contribution is -2.71. The molecule has 258 valence electrons. The van der Waals surface area contributed by atoms with Crippen LogP contribution in [0, 0.1) is 0 Å². The van der Waals surface area contributed by atoms with Crippen molar-refractivity contribution < 1.29 is 43.9 Å². The Labute approximate surface area is 294 Å². The number of phenolic OH excluding ortho intramolecular Hbond substituents is 1. The molecule has 3 aromatic heterocycles. The van der Waals surface area contributed by atoms with Crippen LogP contribution in [-0.4, -0.2) is 71.7 Å². The Morgan fingerprint density at radius 1 is 1.16 bits per heavy atom. The average molecular weight is 728 g/mol. The van der Waals surface area contributed by atoms with Crippen LogP contribution in [0.5, 0.6) is 5.75 Å². The maximum atomic E-state index is 13.7. The third-order valence-electron chi connectivity index (χ3n) is 8.32. The molecule has 1 fully saturated rings. The van der Waals surface area contributed by atoms with Crippen molar-refractivity contribution in [2.75, 3.05) is 11.5 Å². The second-order valence-electron chi connectivity index (χ2n) is 11.4. The molecule has 2 aliphatic heterocycles. The first kappa shape index (κ1) is 33.2. The number of amides is 2. The average Bonchev–Trinajstić information content (AvgIpc) is 3.54. The molecule has 2 aliphatic rings. The lowest BCUT2D eigenvalue weighted by molar-refractivity contribution is -0.663. The number of hydrogen-bond acceptors (Lipinski definition) is 13. The third kappa shape index (κ3) is 6.10. The number of nitrogens with one attached hydrogen (secondary N) is 2. The number of benzene rings is 2. The van der Waals surface area contributed by atoms with E-state index in [2.05, 4.69) is 20.4 Å². The van der Waals surface area contributed by atoms with Crippen LogP contribution in [0.2, 0.25) is 0 Å². The van der Waals surface area contributed by atoms with Crippen molar-refractivity contribution >= 4 is 79.5 Å². The molecule has 3 atom stereocenters. The third-order valence-corrected chi connectivity index (χ3v) is 10.3. The highest BCUT2D eigenvalue weighted by Gasteiger charge is 2.53. The van der Waals surface area contributed by atoms with Gasteiger partial charge >= 0.3 is 5.97 Å². The minimum Gasteiger partial charge on any atom is -0.543 e. The number of nitrogens with zero attached hydrogens (tertiary/aromatic N) is 4. The SMILES string of the molecule is Nc1nc(/C(=N/OC(C(=O)O)c2ccc(O)c3[nH]c(=O)ccc23)C(=O)N[C@@H]2C(=O)N3C(C(=O)[O-])=C(C[n+]4cccc5ccccc54)CS[C@H]23)cs1. The molecule has 0 aliphatic carbocycles. The lowest BCUT2D eigenvalue weighted by Gasteiger charge is -2.50. The number of nitrogen functional groups attached to an aromatic ring is 1. The Morgan fingerprint density at radius 2 is 1.94 bits per heavy atom. The number of fused-ring (bicyclic) bond motifs is 3. The molecule has 0 saturated carbocycles. The van der Waals surface area contributed by atoms with Gasteiger partial charge in [-0.3, -0.25) is 19.3 Å². The van der Waals surface area contributed by atoms with Crippen molar-refractivity contribution in [2.45, 2.75) is 24.1 Å². The van der Waals surface area contributed by atoms with Gasteiger partial charge in [-0.2, -0.15) is 4.57 Å². The molecule has 5 heterocycles. The molecule has 0 radical (unpaired) electrons. The van der Waals surface area contributed by atoms with Gasteiger partial charge in [0.2, 0.25) is 17.2 Å². The number of carbonyl (C=O) groups is 4. The zero-order valence-electron chi connectivity index (χ0n) is 26.0. The fourth-order valence-electron chi connectivity index (χ4n) is 6.00. The highest BCUT2D eigenvalue weighted by atomic mass is 32.2. The van der Waals surface area contributed by atoms with Gasteiger partial charge in [0, 0.05) is 51.2 Å². The van der Waals surface area contributed by atoms with Crippen LogP contribution in [0.15, 0.2) is 93.5 Å². The zero-order chi connectivity index (χ0) is 36.0. The van der Waals surface area contributed by atoms with Gasteiger partial charge < -0.3 is 41.0 Å². The summed E-state index contributed by atoms with van der Waals surface area (Å²) in [4.78, 5) is 76.8. The number of β-lactam (4-membered cyclic amide) rings is 1. The summed E-state index contributed by atoms with van der Waals surface area (Å²) in [5.74, 6) is -4.82. The van der Waals surface area contributed by atoms with E-state index >= 15 is 0 Å². The summed E-state index contributed by atoms with van der Waals surface area (Å²) in [5, 5.41) is 40.8. The normalized spacial score (nSPS) is 17.9. The number of aliphatic carboxylic acids is 2. The monoisotopic (exact) mass is 727 g/mol. The van der Waals surface area contributed by atoms with E-state index < -0.39 is 52.5 Å². The summed E-state index contributed by atoms with van der Waals surface area (Å²) in [6.07, 6.45) is -0.0187. The minimum atomic E-state index is -1.83. The van der Waals surface area contributed by atoms with E-state index in [0.717, 1.165) is 33.2 Å². The highest BCUT2D eigenvalue weighted by Crippen LogP contribution is 2.40. The predicted octanol–water partition coefficient (Wildman–Crippen LogP) is 0.364. The molecule has 1 unspecified atom stereocenters. The van der Waals surface area contributed by atoms with Gasteiger partial charge in [-0.25, -0.2) is 9.78 Å². The predicted molar refractivity (Wildman–Crippen MR) is 182 cm³/mol. The standard InChI is InChI=1S/C33H25N7O9S2/c34-33-35-19(14-51-33)24(38-49-27(32(47)48)18-7-9-21(41)23-17(18)8-10-22(42)36-23)28(43)37-25-29(44)40-26(31(45)46)16(13-50-30(25)40)12-39-11-3-5-15-4-1-2-6-20(15)39/h1-11,14,25,27,30H,12-13H2,(H6-,34,35,36,37,38,41,42,43,45,46,47,48)/t25-,27?,30-/m1/s1. The van der Waals surface area contributed by atoms with Gasteiger partial charge in [0.25, 0.3) is 11.8 Å². The summed E-state index contributed by atoms with van der Waals surface area (Å²) >= 11 is 2.22. The van der Waals surface area contributed by atoms with Crippen LogP contribution in [0.3, 0.4) is 0 Å². The molecule has 0 bridgehead atoms. The van der Waals surface area contributed by atoms with E-state index in [4.69, 9.17) is 10.6 Å². The first-order chi connectivity index (χ1) is 24.5. The quantitative estimate of drug-likeness (QED) is 0.0567. The number of pyridine rings is 2. The highest BCUT2D eigenvalue weighted by molar-refractivity contribution is 8.00. The van der Waals surface area contributed by atoms with Gasteiger partial charge in [0.05, 0.1) is 17.2 Å². The van der Waals surface area contributed by atoms with Crippen LogP contribution in [0.1, 0.15) is 17.4 Å². The largest absolute Gasteiger partial charge is 0.543 e. The summed E-state index contributed by atoms with van der Waals surface area (Å²) in [6.45, 7) is 0.182. The molecule has 0 spiro atoms. The summed E-state index contributed by atoms with van der Waals surface area (Å²) in [6, 6.07) is 15.1. The fourth-order valence-corrected chi connectivity index (χ4v) is 7.88. The topological polar surface area (TPSA) is 244 Å². The molecule has 2 aromatic carbocycles. The van der Waals surface area contributed by atoms with Gasteiger partial charge in [0.15, 0.2) is 23.6 Å². The Kier molecular flexibility index (Phi) is 8.61. The van der Waals surface area contributed by atoms with Crippen molar-refractivity contribution in [3.63, 3.8) is 0 Å². The second kappa shape index (κ2) is 13.2. The number of anilines is 1. The van der Waals surface area contributed by atoms with Crippen molar-refractivity contribution in [3.05, 3.63) is 105 Å². The van der Waals surface area contributed by atoms with E-state index in [9.17, 15) is 39.3 Å². The number of carboxylic acids is 2. The first-order valence-electron chi connectivity index (χ1n) is 15.1. The Morgan fingerprint density at radius 3 is 2.69 bits per heavy atom. The molecule has 6 N–H and O–H groups in total. The number of para-hydroxylation sites is 1. The summed E-state index contributed by atoms with van der Waals surface area (Å²) < 4.78 is 1.88. The number of oxime groups is 1. The van der Waals surface area contributed by atoms with Gasteiger partial charge in [-0.1, -0.05) is 23.4 Å². The number of hydrogen-bond donors (Lipinski definition) is 5. The molecule has 5 aromatic rings. The van der Waals surface area contributed by atoms with Crippen LogP contribution in [0.25, 0.3) is 21.8 Å². The molecule has 16 nitrogen and oxygen atoms in total. The number of aromatic amines is 1. The number of rotatable bonds is 10. The smallest absolute Gasteiger partial charge is 0.352 e. The van der Waals surface area contributed by atoms with Gasteiger partial charge in [0.1, 0.15) is 22.9 Å². The number of phenols is 1. The van der Waals surface area contributed by atoms with Crippen LogP contribution < -0.4 is 26.3 Å². The van der Waals surface area contributed by atoms with E-state index in [-0.39, 0.29) is 51.0 Å². The van der Waals surface area contributed by atoms with Crippen LogP contribution in [-0.2, 0) is 30.6 Å². The number of thioether (sulfide) groups is 1. The molecule has 51 heavy (non-hydrogen) atoms. The van der Waals surface area contributed by atoms with Crippen molar-refractivity contribution in [3.8, 4) is 5.75 Å². The Hall–Kier alpha value is -6.27. The van der Waals surface area contributed by atoms with Gasteiger partial charge in [-0.15, -0.1) is 23.1 Å². The number of aromatic nitrogens is 3. The van der Waals surface area contributed by atoms with E-state index in [1.807, 2.05) is 47.2 Å². The number of thiazole rings is 1. The molecular formula is C33H25N7O9S2. The van der Waals surface area contributed by atoms with E-state index in [1.54, 1.807) is 0 Å². The Bertz CT molecular complexity index is 2400. The lowest BCUT2D eigenvalue weighted by atomic mass is 10.0. The second-order valence-corrected chi connectivity index (χ2v) is 13.4. The van der Waals surface area contributed by atoms with Crippen LogP contribution >= 0.6 is 23.1 Å². The van der Waals surface area contributed by atoms with E-state index in [0.29, 0.717) is 5.57 Å². The van der Waals surface area contributed by atoms with E-state index in [1.165, 1.54) is 35.3 Å². The Balaban J connectivity index is 1.15. The number of H-pyrrole nitrogens is 1. The number of aromatic hydroxyl groups is 1. The summed E-state index contributed by atoms with van der Waals surface area (Å²) in [5.41, 5.74) is 5.67. The maximum Gasteiger partial charge on any atom is 0.352 e. The van der Waals surface area contributed by atoms with Gasteiger partial charge in [-0.05, 0) is 24.3 Å². The van der Waals surface area contributed by atoms with Crippen molar-refractivity contribution in [1.82, 2.24) is 20.2 Å². The molecule has 18 heteroatoms. The molecular weight excluding hydrogens is 703 g/mol. The molecule has 2 amide bonds. The minimum absolute atomic E-state index is 0.00432. The van der Waals surface area contributed by atoms with Crippen LogP contribution in [0.4, 0.5) is 5.13 Å². The fraction of sp³-hybridized carbons (Fsp3) is 0.152. The number of nitrogens with two attached hydrogens (primary N) is 1. The first-order valence-corrected chi connectivity index (χ1v) is 17.0. The molecule has 7 rings (SSSR count). The number of carbonyl (C=O) groups excluding carboxylic acids is 3. The van der Waals surface area contributed by atoms with Crippen molar-refractivity contribution in [2.24, 2.45) is 5.16 Å². The number of carboxylic acid groups (broad SMARTS) is 2.